The highest BCUT2D eigenvalue weighted by Crippen LogP contribution is 2.20. The maximum Gasteiger partial charge on any atom is 0.135 e. The van der Waals surface area contributed by atoms with E-state index in [9.17, 15) is 4.39 Å². The third-order valence-electron chi connectivity index (χ3n) is 1.48. The van der Waals surface area contributed by atoms with Crippen molar-refractivity contribution < 1.29 is 9.13 Å². The van der Waals surface area contributed by atoms with Crippen molar-refractivity contribution in [1.29, 1.82) is 0 Å². The average Bonchev–Trinajstić information content (AvgIpc) is 2.03. The molecule has 0 aliphatic rings. The summed E-state index contributed by atoms with van der Waals surface area (Å²) >= 11 is 5.55. The summed E-state index contributed by atoms with van der Waals surface area (Å²) in [4.78, 5) is 0. The normalized spacial score (nSPS) is 9.58. The lowest BCUT2D eigenvalue weighted by Crippen LogP contribution is -1.89. The predicted molar refractivity (Wildman–Crippen MR) is 47.5 cm³/mol. The Labute approximate surface area is 75.4 Å². The van der Waals surface area contributed by atoms with E-state index in [0.29, 0.717) is 16.3 Å². The first-order chi connectivity index (χ1) is 5.65. The SMILES string of the molecule is C=C(OC)c1ccc(Cl)cc1F. The molecule has 0 amide bonds. The molecule has 0 fully saturated rings. The van der Waals surface area contributed by atoms with Crippen LogP contribution in [0, 0.1) is 5.82 Å². The molecule has 0 heterocycles. The van der Waals surface area contributed by atoms with Crippen LogP contribution in [0.2, 0.25) is 5.02 Å². The van der Waals surface area contributed by atoms with Gasteiger partial charge in [0.15, 0.2) is 0 Å². The molecule has 3 heteroatoms. The Morgan fingerprint density at radius 3 is 2.75 bits per heavy atom. The summed E-state index contributed by atoms with van der Waals surface area (Å²) in [5.74, 6) is -0.126. The molecule has 1 rings (SSSR count). The van der Waals surface area contributed by atoms with Crippen molar-refractivity contribution in [2.45, 2.75) is 0 Å². The molecule has 0 aromatic heterocycles. The molecular weight excluding hydrogens is 179 g/mol. The van der Waals surface area contributed by atoms with Gasteiger partial charge in [0.2, 0.25) is 0 Å². The van der Waals surface area contributed by atoms with Gasteiger partial charge in [-0.1, -0.05) is 18.2 Å². The van der Waals surface area contributed by atoms with Crippen molar-refractivity contribution in [3.8, 4) is 0 Å². The number of hydrogen-bond acceptors (Lipinski definition) is 1. The van der Waals surface area contributed by atoms with Gasteiger partial charge in [0.05, 0.1) is 12.7 Å². The highest BCUT2D eigenvalue weighted by Gasteiger charge is 2.05. The van der Waals surface area contributed by atoms with Crippen LogP contribution in [-0.2, 0) is 4.74 Å². The first kappa shape index (κ1) is 9.07. The van der Waals surface area contributed by atoms with Crippen LogP contribution < -0.4 is 0 Å². The van der Waals surface area contributed by atoms with Crippen molar-refractivity contribution in [3.05, 3.63) is 41.2 Å². The van der Waals surface area contributed by atoms with Gasteiger partial charge >= 0.3 is 0 Å². The van der Waals surface area contributed by atoms with Crippen molar-refractivity contribution in [2.24, 2.45) is 0 Å². The quantitative estimate of drug-likeness (QED) is 0.645. The van der Waals surface area contributed by atoms with E-state index in [0.717, 1.165) is 0 Å². The topological polar surface area (TPSA) is 9.23 Å². The summed E-state index contributed by atoms with van der Waals surface area (Å²) in [7, 11) is 1.44. The van der Waals surface area contributed by atoms with Crippen LogP contribution in [0.3, 0.4) is 0 Å². The Bertz CT molecular complexity index is 309. The highest BCUT2D eigenvalue weighted by molar-refractivity contribution is 6.30. The smallest absolute Gasteiger partial charge is 0.135 e. The van der Waals surface area contributed by atoms with Gasteiger partial charge in [0, 0.05) is 5.02 Å². The molecule has 0 atom stereocenters. The maximum absolute atomic E-state index is 13.1. The highest BCUT2D eigenvalue weighted by atomic mass is 35.5. The molecular formula is C9H8ClFO. The summed E-state index contributed by atoms with van der Waals surface area (Å²) < 4.78 is 17.8. The zero-order chi connectivity index (χ0) is 9.14. The first-order valence-corrected chi connectivity index (χ1v) is 3.71. The molecule has 1 nitrogen and oxygen atoms in total. The van der Waals surface area contributed by atoms with E-state index in [-0.39, 0.29) is 0 Å². The first-order valence-electron chi connectivity index (χ1n) is 3.33. The van der Waals surface area contributed by atoms with E-state index in [4.69, 9.17) is 16.3 Å². The Balaban J connectivity index is 3.09. The van der Waals surface area contributed by atoms with Crippen LogP contribution in [0.4, 0.5) is 4.39 Å². The Kier molecular flexibility index (Phi) is 2.71. The largest absolute Gasteiger partial charge is 0.497 e. The maximum atomic E-state index is 13.1. The van der Waals surface area contributed by atoms with Crippen LogP contribution in [0.1, 0.15) is 5.56 Å². The number of methoxy groups -OCH3 is 1. The molecule has 0 saturated heterocycles. The van der Waals surface area contributed by atoms with E-state index >= 15 is 0 Å². The molecule has 0 aliphatic heterocycles. The lowest BCUT2D eigenvalue weighted by Gasteiger charge is -2.04. The predicted octanol–water partition coefficient (Wildman–Crippen LogP) is 3.10. The summed E-state index contributed by atoms with van der Waals surface area (Å²) in [5.41, 5.74) is 0.335. The minimum absolute atomic E-state index is 0.296. The Hall–Kier alpha value is -1.02. The van der Waals surface area contributed by atoms with E-state index in [1.165, 1.54) is 19.2 Å². The molecule has 0 spiro atoms. The van der Waals surface area contributed by atoms with Crippen molar-refractivity contribution in [3.63, 3.8) is 0 Å². The van der Waals surface area contributed by atoms with E-state index in [1.807, 2.05) is 0 Å². The molecule has 1 aromatic rings. The number of ether oxygens (including phenoxy) is 1. The molecule has 0 bridgehead atoms. The summed E-state index contributed by atoms with van der Waals surface area (Å²) in [6, 6.07) is 4.34. The van der Waals surface area contributed by atoms with Gasteiger partial charge in [-0.2, -0.15) is 0 Å². The second-order valence-corrected chi connectivity index (χ2v) is 2.69. The van der Waals surface area contributed by atoms with Gasteiger partial charge in [-0.3, -0.25) is 0 Å². The zero-order valence-electron chi connectivity index (χ0n) is 6.60. The van der Waals surface area contributed by atoms with Crippen LogP contribution in [0.15, 0.2) is 24.8 Å². The fraction of sp³-hybridized carbons (Fsp3) is 0.111. The molecule has 0 unspecified atom stereocenters. The molecule has 0 N–H and O–H groups in total. The summed E-state index contributed by atoms with van der Waals surface area (Å²) in [6.07, 6.45) is 0. The minimum Gasteiger partial charge on any atom is -0.497 e. The lowest BCUT2D eigenvalue weighted by atomic mass is 10.2. The zero-order valence-corrected chi connectivity index (χ0v) is 7.36. The van der Waals surface area contributed by atoms with Gasteiger partial charge in [-0.05, 0) is 18.2 Å². The molecule has 64 valence electrons. The molecule has 0 aliphatic carbocycles. The monoisotopic (exact) mass is 186 g/mol. The van der Waals surface area contributed by atoms with Crippen molar-refractivity contribution in [2.75, 3.05) is 7.11 Å². The fourth-order valence-corrected chi connectivity index (χ4v) is 0.984. The standard InChI is InChI=1S/C9H8ClFO/c1-6(12-2)8-4-3-7(10)5-9(8)11/h3-5H,1H2,2H3. The number of benzene rings is 1. The van der Waals surface area contributed by atoms with Crippen molar-refractivity contribution in [1.82, 2.24) is 0 Å². The average molecular weight is 187 g/mol. The Morgan fingerprint density at radius 1 is 1.58 bits per heavy atom. The number of halogens is 2. The van der Waals surface area contributed by atoms with Crippen molar-refractivity contribution >= 4 is 17.4 Å². The third-order valence-corrected chi connectivity index (χ3v) is 1.71. The Morgan fingerprint density at radius 2 is 2.25 bits per heavy atom. The van der Waals surface area contributed by atoms with Crippen LogP contribution >= 0.6 is 11.6 Å². The minimum atomic E-state index is -0.422. The second kappa shape index (κ2) is 3.59. The lowest BCUT2D eigenvalue weighted by molar-refractivity contribution is 0.368. The van der Waals surface area contributed by atoms with Crippen LogP contribution in [0.25, 0.3) is 5.76 Å². The molecule has 0 saturated carbocycles. The molecule has 12 heavy (non-hydrogen) atoms. The number of rotatable bonds is 2. The third kappa shape index (κ3) is 1.77. The molecule has 1 aromatic carbocycles. The fourth-order valence-electron chi connectivity index (χ4n) is 0.826. The van der Waals surface area contributed by atoms with Gasteiger partial charge in [-0.25, -0.2) is 4.39 Å². The van der Waals surface area contributed by atoms with E-state index in [2.05, 4.69) is 6.58 Å². The summed E-state index contributed by atoms with van der Waals surface area (Å²) in [5, 5.41) is 0.361. The molecule has 0 radical (unpaired) electrons. The van der Waals surface area contributed by atoms with E-state index in [1.54, 1.807) is 6.07 Å². The summed E-state index contributed by atoms with van der Waals surface area (Å²) in [6.45, 7) is 3.53. The number of hydrogen-bond donors (Lipinski definition) is 0. The van der Waals surface area contributed by atoms with Gasteiger partial charge in [0.25, 0.3) is 0 Å². The van der Waals surface area contributed by atoms with Gasteiger partial charge in [-0.15, -0.1) is 0 Å². The van der Waals surface area contributed by atoms with Crippen LogP contribution in [0.5, 0.6) is 0 Å². The van der Waals surface area contributed by atoms with Crippen LogP contribution in [-0.4, -0.2) is 7.11 Å². The van der Waals surface area contributed by atoms with Gasteiger partial charge in [0.1, 0.15) is 11.6 Å². The van der Waals surface area contributed by atoms with E-state index < -0.39 is 5.82 Å². The second-order valence-electron chi connectivity index (χ2n) is 2.25. The van der Waals surface area contributed by atoms with Gasteiger partial charge < -0.3 is 4.74 Å².